The summed E-state index contributed by atoms with van der Waals surface area (Å²) >= 11 is 0. The molecule has 0 spiro atoms. The average molecular weight is 286 g/mol. The van der Waals surface area contributed by atoms with Crippen molar-refractivity contribution in [3.05, 3.63) is 29.8 Å². The number of benzene rings is 1. The zero-order chi connectivity index (χ0) is 14.8. The molecule has 1 saturated carbocycles. The molecule has 110 valence electrons. The molecule has 0 aromatic heterocycles. The normalized spacial score (nSPS) is 27.2. The average Bonchev–Trinajstić information content (AvgIpc) is 3.07. The zero-order valence-corrected chi connectivity index (χ0v) is 11.7. The van der Waals surface area contributed by atoms with E-state index in [9.17, 15) is 9.90 Å². The van der Waals surface area contributed by atoms with E-state index in [0.29, 0.717) is 30.3 Å². The molecule has 1 amide bonds. The van der Waals surface area contributed by atoms with Crippen LogP contribution in [0, 0.1) is 23.2 Å². The van der Waals surface area contributed by atoms with Crippen LogP contribution >= 0.6 is 0 Å². The minimum absolute atomic E-state index is 0.0613. The van der Waals surface area contributed by atoms with Gasteiger partial charge in [0, 0.05) is 19.0 Å². The summed E-state index contributed by atoms with van der Waals surface area (Å²) in [5.41, 5.74) is 0.430. The van der Waals surface area contributed by atoms with Crippen LogP contribution in [0.25, 0.3) is 0 Å². The molecule has 1 aromatic carbocycles. The maximum absolute atomic E-state index is 12.2. The lowest BCUT2D eigenvalue weighted by Gasteiger charge is -2.18. The third-order valence-corrected chi connectivity index (χ3v) is 4.53. The Balaban J connectivity index is 1.57. The molecule has 0 radical (unpaired) electrons. The molecule has 1 aliphatic heterocycles. The first-order valence-corrected chi connectivity index (χ1v) is 7.27. The summed E-state index contributed by atoms with van der Waals surface area (Å²) in [5, 5.41) is 18.9. The molecule has 2 aliphatic rings. The number of ether oxygens (including phenoxy) is 1. The maximum Gasteiger partial charge on any atom is 0.260 e. The summed E-state index contributed by atoms with van der Waals surface area (Å²) in [6.07, 6.45) is 1.57. The summed E-state index contributed by atoms with van der Waals surface area (Å²) in [6, 6.07) is 8.93. The summed E-state index contributed by atoms with van der Waals surface area (Å²) in [4.78, 5) is 14.0. The van der Waals surface area contributed by atoms with Gasteiger partial charge >= 0.3 is 0 Å². The first kappa shape index (κ1) is 13.9. The number of aliphatic hydroxyl groups is 1. The van der Waals surface area contributed by atoms with Crippen molar-refractivity contribution >= 4 is 5.91 Å². The zero-order valence-electron chi connectivity index (χ0n) is 11.7. The van der Waals surface area contributed by atoms with Crippen LogP contribution in [0.1, 0.15) is 18.4 Å². The van der Waals surface area contributed by atoms with E-state index in [4.69, 9.17) is 10.00 Å². The van der Waals surface area contributed by atoms with Crippen molar-refractivity contribution in [2.75, 3.05) is 19.7 Å². The number of amides is 1. The van der Waals surface area contributed by atoms with Crippen LogP contribution in [-0.2, 0) is 4.79 Å². The fraction of sp³-hybridized carbons (Fsp3) is 0.500. The van der Waals surface area contributed by atoms with E-state index < -0.39 is 0 Å². The Labute approximate surface area is 123 Å². The van der Waals surface area contributed by atoms with Crippen LogP contribution < -0.4 is 4.74 Å². The number of likely N-dealkylation sites (tertiary alicyclic amines) is 1. The van der Waals surface area contributed by atoms with Crippen LogP contribution in [0.5, 0.6) is 5.75 Å². The van der Waals surface area contributed by atoms with E-state index in [-0.39, 0.29) is 24.5 Å². The van der Waals surface area contributed by atoms with Crippen LogP contribution in [0.2, 0.25) is 0 Å². The van der Waals surface area contributed by atoms with Gasteiger partial charge in [0.2, 0.25) is 0 Å². The van der Waals surface area contributed by atoms with Gasteiger partial charge in [-0.2, -0.15) is 5.26 Å². The van der Waals surface area contributed by atoms with Crippen molar-refractivity contribution in [3.63, 3.8) is 0 Å². The second kappa shape index (κ2) is 5.74. The number of nitriles is 1. The van der Waals surface area contributed by atoms with Crippen LogP contribution in [0.15, 0.2) is 24.3 Å². The van der Waals surface area contributed by atoms with Gasteiger partial charge in [-0.3, -0.25) is 4.79 Å². The van der Waals surface area contributed by atoms with Crippen molar-refractivity contribution in [1.82, 2.24) is 4.90 Å². The first-order chi connectivity index (χ1) is 10.2. The van der Waals surface area contributed by atoms with Gasteiger partial charge in [0.1, 0.15) is 11.8 Å². The Kier molecular flexibility index (Phi) is 3.80. The Morgan fingerprint density at radius 2 is 2.19 bits per heavy atom. The smallest absolute Gasteiger partial charge is 0.260 e. The summed E-state index contributed by atoms with van der Waals surface area (Å²) in [7, 11) is 0. The lowest BCUT2D eigenvalue weighted by atomic mass is 10.00. The van der Waals surface area contributed by atoms with Crippen LogP contribution in [-0.4, -0.2) is 41.7 Å². The van der Waals surface area contributed by atoms with E-state index >= 15 is 0 Å². The summed E-state index contributed by atoms with van der Waals surface area (Å²) in [6.45, 7) is 1.27. The number of rotatable bonds is 3. The van der Waals surface area contributed by atoms with Gasteiger partial charge in [-0.15, -0.1) is 0 Å². The molecular formula is C16H18N2O3. The molecule has 0 bridgehead atoms. The third kappa shape index (κ3) is 2.72. The predicted octanol–water partition coefficient (Wildman–Crippen LogP) is 1.17. The number of carbonyl (C=O) groups is 1. The van der Waals surface area contributed by atoms with Gasteiger partial charge in [-0.05, 0) is 30.9 Å². The largest absolute Gasteiger partial charge is 0.482 e. The number of carbonyl (C=O) groups excluding carboxylic acids is 1. The number of fused-ring (bicyclic) bond motifs is 1. The second-order valence-corrected chi connectivity index (χ2v) is 5.76. The monoisotopic (exact) mass is 286 g/mol. The van der Waals surface area contributed by atoms with Gasteiger partial charge in [0.25, 0.3) is 5.91 Å². The molecule has 1 saturated heterocycles. The SMILES string of the molecule is N#Cc1ccccc1OCC(=O)N1CC2CCC(O)C2C1. The van der Waals surface area contributed by atoms with Gasteiger partial charge in [-0.25, -0.2) is 0 Å². The van der Waals surface area contributed by atoms with E-state index in [2.05, 4.69) is 0 Å². The van der Waals surface area contributed by atoms with Gasteiger partial charge in [-0.1, -0.05) is 12.1 Å². The van der Waals surface area contributed by atoms with Crippen molar-refractivity contribution in [2.45, 2.75) is 18.9 Å². The van der Waals surface area contributed by atoms with Gasteiger partial charge < -0.3 is 14.7 Å². The molecule has 1 N–H and O–H groups in total. The Morgan fingerprint density at radius 3 is 2.95 bits per heavy atom. The van der Waals surface area contributed by atoms with Crippen molar-refractivity contribution < 1.29 is 14.6 Å². The lowest BCUT2D eigenvalue weighted by molar-refractivity contribution is -0.132. The van der Waals surface area contributed by atoms with E-state index in [1.165, 1.54) is 0 Å². The van der Waals surface area contributed by atoms with Crippen molar-refractivity contribution in [1.29, 1.82) is 5.26 Å². The Hall–Kier alpha value is -2.06. The molecule has 1 aromatic rings. The molecule has 3 unspecified atom stereocenters. The number of hydrogen-bond acceptors (Lipinski definition) is 4. The fourth-order valence-corrected chi connectivity index (χ4v) is 3.36. The third-order valence-electron chi connectivity index (χ3n) is 4.53. The number of aliphatic hydroxyl groups excluding tert-OH is 1. The molecule has 5 heteroatoms. The highest BCUT2D eigenvalue weighted by Gasteiger charge is 2.43. The highest BCUT2D eigenvalue weighted by molar-refractivity contribution is 5.78. The minimum atomic E-state index is -0.270. The fourth-order valence-electron chi connectivity index (χ4n) is 3.36. The molecule has 3 atom stereocenters. The number of hydrogen-bond donors (Lipinski definition) is 1. The number of nitrogens with zero attached hydrogens (tertiary/aromatic N) is 2. The molecule has 3 rings (SSSR count). The second-order valence-electron chi connectivity index (χ2n) is 5.76. The molecule has 1 heterocycles. The predicted molar refractivity (Wildman–Crippen MR) is 75.5 cm³/mol. The van der Waals surface area contributed by atoms with E-state index in [1.54, 1.807) is 29.2 Å². The van der Waals surface area contributed by atoms with Crippen LogP contribution in [0.3, 0.4) is 0 Å². The van der Waals surface area contributed by atoms with Crippen molar-refractivity contribution in [3.8, 4) is 11.8 Å². The van der Waals surface area contributed by atoms with Crippen molar-refractivity contribution in [2.24, 2.45) is 11.8 Å². The Morgan fingerprint density at radius 1 is 1.38 bits per heavy atom. The molecule has 2 fully saturated rings. The minimum Gasteiger partial charge on any atom is -0.482 e. The Bertz CT molecular complexity index is 581. The topological polar surface area (TPSA) is 73.6 Å². The summed E-state index contributed by atoms with van der Waals surface area (Å²) in [5.74, 6) is 1.01. The molecule has 5 nitrogen and oxygen atoms in total. The highest BCUT2D eigenvalue weighted by Crippen LogP contribution is 2.38. The highest BCUT2D eigenvalue weighted by atomic mass is 16.5. The first-order valence-electron chi connectivity index (χ1n) is 7.27. The quantitative estimate of drug-likeness (QED) is 0.905. The van der Waals surface area contributed by atoms with E-state index in [0.717, 1.165) is 12.8 Å². The molecular weight excluding hydrogens is 268 g/mol. The standard InChI is InChI=1S/C16H18N2O3/c17-7-11-3-1-2-4-15(11)21-10-16(20)18-8-12-5-6-14(19)13(12)9-18/h1-4,12-14,19H,5-6,8-10H2. The maximum atomic E-state index is 12.2. The van der Waals surface area contributed by atoms with Crippen LogP contribution in [0.4, 0.5) is 0 Å². The van der Waals surface area contributed by atoms with E-state index in [1.807, 2.05) is 6.07 Å². The summed E-state index contributed by atoms with van der Waals surface area (Å²) < 4.78 is 5.47. The van der Waals surface area contributed by atoms with Gasteiger partial charge in [0.05, 0.1) is 11.7 Å². The molecule has 21 heavy (non-hydrogen) atoms. The van der Waals surface area contributed by atoms with Gasteiger partial charge in [0.15, 0.2) is 6.61 Å². The molecule has 1 aliphatic carbocycles. The number of para-hydroxylation sites is 1. The lowest BCUT2D eigenvalue weighted by Crippen LogP contribution is -2.34.